The van der Waals surface area contributed by atoms with E-state index in [1.807, 2.05) is 50.2 Å². The third-order valence-electron chi connectivity index (χ3n) is 4.07. The van der Waals surface area contributed by atoms with Gasteiger partial charge in [-0.3, -0.25) is 4.79 Å². The summed E-state index contributed by atoms with van der Waals surface area (Å²) in [4.78, 5) is 12.5. The Morgan fingerprint density at radius 2 is 1.79 bits per heavy atom. The van der Waals surface area contributed by atoms with Crippen LogP contribution in [0.5, 0.6) is 5.75 Å². The summed E-state index contributed by atoms with van der Waals surface area (Å²) in [6.45, 7) is 6.12. The SMILES string of the molecule is CCCCc1ccc(NC(=O)[C@@H](CC)Oc2ccccc2C)cc1. The number of carbonyl (C=O) groups is 1. The molecule has 0 aromatic heterocycles. The smallest absolute Gasteiger partial charge is 0.265 e. The molecule has 0 heterocycles. The molecule has 128 valence electrons. The molecular weight excluding hydrogens is 298 g/mol. The van der Waals surface area contributed by atoms with Crippen molar-refractivity contribution in [2.45, 2.75) is 52.6 Å². The van der Waals surface area contributed by atoms with E-state index in [0.29, 0.717) is 6.42 Å². The highest BCUT2D eigenvalue weighted by Gasteiger charge is 2.19. The van der Waals surface area contributed by atoms with E-state index >= 15 is 0 Å². The number of hydrogen-bond donors (Lipinski definition) is 1. The van der Waals surface area contributed by atoms with Gasteiger partial charge in [0.1, 0.15) is 5.75 Å². The van der Waals surface area contributed by atoms with Crippen molar-refractivity contribution in [2.75, 3.05) is 5.32 Å². The molecule has 3 heteroatoms. The Labute approximate surface area is 145 Å². The third kappa shape index (κ3) is 5.12. The molecule has 0 saturated heterocycles. The van der Waals surface area contributed by atoms with E-state index in [1.54, 1.807) is 0 Å². The number of benzene rings is 2. The van der Waals surface area contributed by atoms with Gasteiger partial charge in [-0.25, -0.2) is 0 Å². The fraction of sp³-hybridized carbons (Fsp3) is 0.381. The van der Waals surface area contributed by atoms with Crippen LogP contribution in [0.2, 0.25) is 0 Å². The molecule has 1 amide bonds. The minimum Gasteiger partial charge on any atom is -0.480 e. The lowest BCUT2D eigenvalue weighted by Gasteiger charge is -2.18. The summed E-state index contributed by atoms with van der Waals surface area (Å²) in [5.41, 5.74) is 3.15. The van der Waals surface area contributed by atoms with Gasteiger partial charge in [0.2, 0.25) is 0 Å². The first kappa shape index (κ1) is 18.1. The Hall–Kier alpha value is -2.29. The Bertz CT molecular complexity index is 649. The molecule has 1 atom stereocenters. The molecule has 0 spiro atoms. The van der Waals surface area contributed by atoms with E-state index in [-0.39, 0.29) is 5.91 Å². The third-order valence-corrected chi connectivity index (χ3v) is 4.07. The number of aryl methyl sites for hydroxylation is 2. The van der Waals surface area contributed by atoms with Crippen molar-refractivity contribution in [3.63, 3.8) is 0 Å². The highest BCUT2D eigenvalue weighted by molar-refractivity contribution is 5.94. The Morgan fingerprint density at radius 1 is 1.08 bits per heavy atom. The minimum atomic E-state index is -0.495. The summed E-state index contributed by atoms with van der Waals surface area (Å²) in [6.07, 6.45) is 3.58. The minimum absolute atomic E-state index is 0.109. The topological polar surface area (TPSA) is 38.3 Å². The Morgan fingerprint density at radius 3 is 2.42 bits per heavy atom. The highest BCUT2D eigenvalue weighted by atomic mass is 16.5. The first-order valence-electron chi connectivity index (χ1n) is 8.76. The second-order valence-electron chi connectivity index (χ2n) is 6.07. The molecule has 0 saturated carbocycles. The molecule has 0 fully saturated rings. The average Bonchev–Trinajstić information content (AvgIpc) is 2.60. The van der Waals surface area contributed by atoms with Gasteiger partial charge in [-0.15, -0.1) is 0 Å². The van der Waals surface area contributed by atoms with Crippen LogP contribution in [-0.2, 0) is 11.2 Å². The van der Waals surface area contributed by atoms with Crippen molar-refractivity contribution in [1.29, 1.82) is 0 Å². The fourth-order valence-electron chi connectivity index (χ4n) is 2.52. The summed E-state index contributed by atoms with van der Waals surface area (Å²) >= 11 is 0. The van der Waals surface area contributed by atoms with Gasteiger partial charge in [0.05, 0.1) is 0 Å². The van der Waals surface area contributed by atoms with Crippen LogP contribution in [0.1, 0.15) is 44.2 Å². The maximum atomic E-state index is 12.5. The summed E-state index contributed by atoms with van der Waals surface area (Å²) in [7, 11) is 0. The first-order chi connectivity index (χ1) is 11.6. The van der Waals surface area contributed by atoms with E-state index in [4.69, 9.17) is 4.74 Å². The summed E-state index contributed by atoms with van der Waals surface area (Å²) < 4.78 is 5.89. The van der Waals surface area contributed by atoms with E-state index in [0.717, 1.165) is 23.4 Å². The Kier molecular flexibility index (Phi) is 6.86. The van der Waals surface area contributed by atoms with Crippen LogP contribution in [0.15, 0.2) is 48.5 Å². The monoisotopic (exact) mass is 325 g/mol. The molecule has 3 nitrogen and oxygen atoms in total. The molecule has 0 bridgehead atoms. The molecule has 0 aliphatic carbocycles. The van der Waals surface area contributed by atoms with Crippen LogP contribution in [0.3, 0.4) is 0 Å². The second-order valence-corrected chi connectivity index (χ2v) is 6.07. The predicted molar refractivity (Wildman–Crippen MR) is 99.6 cm³/mol. The van der Waals surface area contributed by atoms with Gasteiger partial charge in [0, 0.05) is 5.69 Å². The van der Waals surface area contributed by atoms with E-state index in [1.165, 1.54) is 18.4 Å². The normalized spacial score (nSPS) is 11.8. The Balaban J connectivity index is 1.97. The molecule has 2 aromatic rings. The molecule has 0 radical (unpaired) electrons. The van der Waals surface area contributed by atoms with Gasteiger partial charge >= 0.3 is 0 Å². The number of ether oxygens (including phenoxy) is 1. The van der Waals surface area contributed by atoms with Gasteiger partial charge in [-0.1, -0.05) is 50.6 Å². The zero-order valence-electron chi connectivity index (χ0n) is 14.8. The van der Waals surface area contributed by atoms with Gasteiger partial charge in [-0.2, -0.15) is 0 Å². The zero-order chi connectivity index (χ0) is 17.4. The van der Waals surface area contributed by atoms with Gasteiger partial charge < -0.3 is 10.1 Å². The van der Waals surface area contributed by atoms with E-state index in [2.05, 4.69) is 24.4 Å². The average molecular weight is 325 g/mol. The van der Waals surface area contributed by atoms with Crippen molar-refractivity contribution in [3.05, 3.63) is 59.7 Å². The van der Waals surface area contributed by atoms with Gasteiger partial charge in [0.15, 0.2) is 6.10 Å². The molecule has 2 aromatic carbocycles. The molecule has 2 rings (SSSR count). The summed E-state index contributed by atoms with van der Waals surface area (Å²) in [5.74, 6) is 0.650. The van der Waals surface area contributed by atoms with Gasteiger partial charge in [0.25, 0.3) is 5.91 Å². The van der Waals surface area contributed by atoms with Crippen molar-refractivity contribution in [3.8, 4) is 5.75 Å². The van der Waals surface area contributed by atoms with Crippen molar-refractivity contribution < 1.29 is 9.53 Å². The number of hydrogen-bond acceptors (Lipinski definition) is 2. The standard InChI is InChI=1S/C21H27NO2/c1-4-6-10-17-12-14-18(15-13-17)22-21(23)19(5-2)24-20-11-8-7-9-16(20)3/h7-9,11-15,19H,4-6,10H2,1-3H3,(H,22,23)/t19-/m1/s1. The molecule has 0 unspecified atom stereocenters. The number of nitrogens with one attached hydrogen (secondary N) is 1. The van der Waals surface area contributed by atoms with Crippen molar-refractivity contribution >= 4 is 11.6 Å². The highest BCUT2D eigenvalue weighted by Crippen LogP contribution is 2.20. The number of amides is 1. The fourth-order valence-corrected chi connectivity index (χ4v) is 2.52. The maximum Gasteiger partial charge on any atom is 0.265 e. The lowest BCUT2D eigenvalue weighted by Crippen LogP contribution is -2.32. The number of unbranched alkanes of at least 4 members (excludes halogenated alkanes) is 1. The molecule has 1 N–H and O–H groups in total. The zero-order valence-corrected chi connectivity index (χ0v) is 14.8. The maximum absolute atomic E-state index is 12.5. The van der Waals surface area contributed by atoms with E-state index in [9.17, 15) is 4.79 Å². The quantitative estimate of drug-likeness (QED) is 0.730. The van der Waals surface area contributed by atoms with Gasteiger partial charge in [-0.05, 0) is 55.5 Å². The number of para-hydroxylation sites is 1. The number of rotatable bonds is 8. The number of anilines is 1. The molecular formula is C21H27NO2. The van der Waals surface area contributed by atoms with Crippen LogP contribution in [0.4, 0.5) is 5.69 Å². The van der Waals surface area contributed by atoms with Crippen LogP contribution in [-0.4, -0.2) is 12.0 Å². The second kappa shape index (κ2) is 9.11. The van der Waals surface area contributed by atoms with Crippen LogP contribution >= 0.6 is 0 Å². The lowest BCUT2D eigenvalue weighted by molar-refractivity contribution is -0.122. The van der Waals surface area contributed by atoms with Crippen LogP contribution < -0.4 is 10.1 Å². The van der Waals surface area contributed by atoms with Crippen LogP contribution in [0, 0.1) is 6.92 Å². The predicted octanol–water partition coefficient (Wildman–Crippen LogP) is 5.13. The van der Waals surface area contributed by atoms with E-state index < -0.39 is 6.10 Å². The summed E-state index contributed by atoms with van der Waals surface area (Å²) in [6, 6.07) is 15.8. The van der Waals surface area contributed by atoms with Crippen molar-refractivity contribution in [2.24, 2.45) is 0 Å². The largest absolute Gasteiger partial charge is 0.480 e. The molecule has 24 heavy (non-hydrogen) atoms. The lowest BCUT2D eigenvalue weighted by atomic mass is 10.1. The van der Waals surface area contributed by atoms with Crippen molar-refractivity contribution in [1.82, 2.24) is 0 Å². The number of carbonyl (C=O) groups excluding carboxylic acids is 1. The molecule has 0 aliphatic rings. The van der Waals surface area contributed by atoms with Crippen LogP contribution in [0.25, 0.3) is 0 Å². The molecule has 0 aliphatic heterocycles. The first-order valence-corrected chi connectivity index (χ1v) is 8.76. The summed E-state index contributed by atoms with van der Waals surface area (Å²) in [5, 5.41) is 2.95.